The van der Waals surface area contributed by atoms with E-state index in [9.17, 15) is 14.4 Å². The number of imide groups is 1. The molecule has 3 saturated heterocycles. The average Bonchev–Trinajstić information content (AvgIpc) is 3.56. The van der Waals surface area contributed by atoms with Gasteiger partial charge in [0, 0.05) is 37.4 Å². The number of hydrogen-bond acceptors (Lipinski definition) is 5. The summed E-state index contributed by atoms with van der Waals surface area (Å²) in [6.07, 6.45) is 4.45. The van der Waals surface area contributed by atoms with Crippen LogP contribution in [0.1, 0.15) is 41.7 Å². The summed E-state index contributed by atoms with van der Waals surface area (Å²) >= 11 is 0. The van der Waals surface area contributed by atoms with Gasteiger partial charge in [0.15, 0.2) is 5.54 Å². The van der Waals surface area contributed by atoms with E-state index in [2.05, 4.69) is 10.3 Å². The van der Waals surface area contributed by atoms with Gasteiger partial charge in [0.2, 0.25) is 0 Å². The Hall–Kier alpha value is -3.78. The van der Waals surface area contributed by atoms with Crippen molar-refractivity contribution in [2.24, 2.45) is 5.92 Å². The Morgan fingerprint density at radius 1 is 1.00 bits per heavy atom. The number of fused-ring (bicyclic) bond motifs is 1. The van der Waals surface area contributed by atoms with Crippen LogP contribution in [-0.4, -0.2) is 65.0 Å². The molecule has 2 atom stereocenters. The van der Waals surface area contributed by atoms with E-state index in [1.165, 1.54) is 4.90 Å². The number of amides is 4. The minimum Gasteiger partial charge on any atom is -0.376 e. The molecule has 3 aliphatic rings. The van der Waals surface area contributed by atoms with Gasteiger partial charge in [0.05, 0.1) is 18.3 Å². The van der Waals surface area contributed by atoms with Gasteiger partial charge < -0.3 is 15.0 Å². The standard InChI is InChI=1S/C29H30N4O4/c34-26(22-11-10-20-6-1-2-7-21(20)18-22)32-15-12-23(13-16-32)29(25-9-3-4-14-30-25)27(35)33(28(36)31-29)19-24-8-5-17-37-24/h1-4,6-7,9-11,14,18,23-24H,5,8,12-13,15-17,19H2,(H,31,36)/t24-,29+/m0/s1. The lowest BCUT2D eigenvalue weighted by Crippen LogP contribution is -2.54. The van der Waals surface area contributed by atoms with Crippen LogP contribution in [0.25, 0.3) is 10.8 Å². The van der Waals surface area contributed by atoms with Crippen LogP contribution < -0.4 is 5.32 Å². The predicted octanol–water partition coefficient (Wildman–Crippen LogP) is 3.71. The molecule has 2 aromatic carbocycles. The molecule has 1 N–H and O–H groups in total. The molecule has 190 valence electrons. The van der Waals surface area contributed by atoms with Crippen molar-refractivity contribution in [3.8, 4) is 0 Å². The molecule has 0 saturated carbocycles. The third-order valence-corrected chi connectivity index (χ3v) is 8.00. The van der Waals surface area contributed by atoms with Crippen LogP contribution in [0.5, 0.6) is 0 Å². The van der Waals surface area contributed by atoms with Crippen molar-refractivity contribution in [2.45, 2.75) is 37.3 Å². The van der Waals surface area contributed by atoms with Gasteiger partial charge in [-0.15, -0.1) is 0 Å². The van der Waals surface area contributed by atoms with E-state index in [0.717, 1.165) is 23.6 Å². The summed E-state index contributed by atoms with van der Waals surface area (Å²) in [5.74, 6) is -0.474. The van der Waals surface area contributed by atoms with E-state index in [1.54, 1.807) is 18.3 Å². The summed E-state index contributed by atoms with van der Waals surface area (Å²) in [6, 6.07) is 18.8. The fraction of sp³-hybridized carbons (Fsp3) is 0.379. The maximum absolute atomic E-state index is 14.0. The molecule has 3 aromatic rings. The smallest absolute Gasteiger partial charge is 0.325 e. The number of urea groups is 1. The van der Waals surface area contributed by atoms with Crippen LogP contribution in [0.4, 0.5) is 4.79 Å². The molecule has 8 heteroatoms. The molecule has 0 unspecified atom stereocenters. The molecular weight excluding hydrogens is 468 g/mol. The Bertz CT molecular complexity index is 1330. The molecule has 3 fully saturated rings. The summed E-state index contributed by atoms with van der Waals surface area (Å²) in [7, 11) is 0. The highest BCUT2D eigenvalue weighted by Gasteiger charge is 2.58. The van der Waals surface area contributed by atoms with Gasteiger partial charge in [0.25, 0.3) is 11.8 Å². The lowest BCUT2D eigenvalue weighted by atomic mass is 9.75. The third-order valence-electron chi connectivity index (χ3n) is 8.00. The van der Waals surface area contributed by atoms with E-state index in [1.807, 2.05) is 53.4 Å². The number of ether oxygens (including phenoxy) is 1. The number of likely N-dealkylation sites (tertiary alicyclic amines) is 1. The highest BCUT2D eigenvalue weighted by Crippen LogP contribution is 2.41. The highest BCUT2D eigenvalue weighted by atomic mass is 16.5. The van der Waals surface area contributed by atoms with Crippen molar-refractivity contribution in [2.75, 3.05) is 26.2 Å². The number of nitrogens with one attached hydrogen (secondary N) is 1. The molecule has 3 aliphatic heterocycles. The monoisotopic (exact) mass is 498 g/mol. The second kappa shape index (κ2) is 9.59. The van der Waals surface area contributed by atoms with Crippen LogP contribution >= 0.6 is 0 Å². The second-order valence-corrected chi connectivity index (χ2v) is 10.1. The van der Waals surface area contributed by atoms with E-state index >= 15 is 0 Å². The number of nitrogens with zero attached hydrogens (tertiary/aromatic N) is 3. The molecule has 0 bridgehead atoms. The maximum Gasteiger partial charge on any atom is 0.325 e. The lowest BCUT2D eigenvalue weighted by Gasteiger charge is -2.40. The Morgan fingerprint density at radius 2 is 1.78 bits per heavy atom. The van der Waals surface area contributed by atoms with Crippen molar-refractivity contribution in [1.29, 1.82) is 0 Å². The highest BCUT2D eigenvalue weighted by molar-refractivity contribution is 6.07. The number of hydrogen-bond donors (Lipinski definition) is 1. The summed E-state index contributed by atoms with van der Waals surface area (Å²) in [5.41, 5.74) is -0.0400. The first-order valence-electron chi connectivity index (χ1n) is 13.0. The van der Waals surface area contributed by atoms with E-state index in [-0.39, 0.29) is 30.4 Å². The minimum absolute atomic E-state index is 0.0159. The van der Waals surface area contributed by atoms with Crippen LogP contribution in [0.15, 0.2) is 66.9 Å². The first kappa shape index (κ1) is 23.6. The molecule has 37 heavy (non-hydrogen) atoms. The molecule has 4 heterocycles. The second-order valence-electron chi connectivity index (χ2n) is 10.1. The van der Waals surface area contributed by atoms with Gasteiger partial charge in [-0.05, 0) is 60.7 Å². The van der Waals surface area contributed by atoms with Gasteiger partial charge in [-0.1, -0.05) is 36.4 Å². The fourth-order valence-electron chi connectivity index (χ4n) is 6.03. The summed E-state index contributed by atoms with van der Waals surface area (Å²) in [4.78, 5) is 48.1. The summed E-state index contributed by atoms with van der Waals surface area (Å²) in [5, 5.41) is 5.16. The van der Waals surface area contributed by atoms with Crippen molar-refractivity contribution >= 4 is 28.6 Å². The minimum atomic E-state index is -1.24. The van der Waals surface area contributed by atoms with Crippen LogP contribution in [-0.2, 0) is 15.1 Å². The maximum atomic E-state index is 14.0. The van der Waals surface area contributed by atoms with Crippen molar-refractivity contribution in [1.82, 2.24) is 20.1 Å². The summed E-state index contributed by atoms with van der Waals surface area (Å²) in [6.45, 7) is 1.90. The van der Waals surface area contributed by atoms with Crippen LogP contribution in [0, 0.1) is 5.92 Å². The Morgan fingerprint density at radius 3 is 2.51 bits per heavy atom. The van der Waals surface area contributed by atoms with Gasteiger partial charge in [-0.2, -0.15) is 0 Å². The normalized spacial score (nSPS) is 24.6. The Kier molecular flexibility index (Phi) is 6.12. The predicted molar refractivity (Wildman–Crippen MR) is 138 cm³/mol. The summed E-state index contributed by atoms with van der Waals surface area (Å²) < 4.78 is 5.71. The number of benzene rings is 2. The zero-order chi connectivity index (χ0) is 25.4. The van der Waals surface area contributed by atoms with E-state index < -0.39 is 11.6 Å². The number of carbonyl (C=O) groups excluding carboxylic acids is 3. The average molecular weight is 499 g/mol. The van der Waals surface area contributed by atoms with E-state index in [0.29, 0.717) is 43.8 Å². The van der Waals surface area contributed by atoms with E-state index in [4.69, 9.17) is 4.74 Å². The molecule has 0 radical (unpaired) electrons. The first-order chi connectivity index (χ1) is 18.1. The Labute approximate surface area is 215 Å². The molecule has 4 amide bonds. The van der Waals surface area contributed by atoms with Gasteiger partial charge in [-0.3, -0.25) is 19.5 Å². The zero-order valence-corrected chi connectivity index (χ0v) is 20.6. The Balaban J connectivity index is 1.23. The molecule has 8 nitrogen and oxygen atoms in total. The topological polar surface area (TPSA) is 91.8 Å². The molecule has 6 rings (SSSR count). The number of rotatable bonds is 5. The zero-order valence-electron chi connectivity index (χ0n) is 20.6. The number of piperidine rings is 1. The fourth-order valence-corrected chi connectivity index (χ4v) is 6.03. The molecular formula is C29H30N4O4. The van der Waals surface area contributed by atoms with Crippen LogP contribution in [0.2, 0.25) is 0 Å². The van der Waals surface area contributed by atoms with Gasteiger partial charge >= 0.3 is 6.03 Å². The molecule has 0 spiro atoms. The molecule has 1 aromatic heterocycles. The van der Waals surface area contributed by atoms with Crippen molar-refractivity contribution in [3.05, 3.63) is 78.1 Å². The van der Waals surface area contributed by atoms with Gasteiger partial charge in [-0.25, -0.2) is 4.79 Å². The first-order valence-corrected chi connectivity index (χ1v) is 13.0. The van der Waals surface area contributed by atoms with Crippen LogP contribution in [0.3, 0.4) is 0 Å². The lowest BCUT2D eigenvalue weighted by molar-refractivity contribution is -0.135. The molecule has 0 aliphatic carbocycles. The number of carbonyl (C=O) groups is 3. The van der Waals surface area contributed by atoms with Crippen molar-refractivity contribution < 1.29 is 19.1 Å². The number of pyridine rings is 1. The largest absolute Gasteiger partial charge is 0.376 e. The third kappa shape index (κ3) is 4.15. The quantitative estimate of drug-likeness (QED) is 0.542. The van der Waals surface area contributed by atoms with Gasteiger partial charge in [0.1, 0.15) is 0 Å². The van der Waals surface area contributed by atoms with Crippen molar-refractivity contribution in [3.63, 3.8) is 0 Å². The number of aromatic nitrogens is 1. The SMILES string of the molecule is O=C(c1ccc2ccccc2c1)N1CCC([C@]2(c3ccccn3)NC(=O)N(C[C@@H]3CCCO3)C2=O)CC1.